The van der Waals surface area contributed by atoms with Crippen LogP contribution in [0, 0.1) is 17.3 Å². The first-order chi connectivity index (χ1) is 11.1. The molecule has 0 aliphatic heterocycles. The molecule has 1 aromatic rings. The lowest BCUT2D eigenvalue weighted by atomic mass is 9.68. The Morgan fingerprint density at radius 1 is 1.30 bits per heavy atom. The van der Waals surface area contributed by atoms with Gasteiger partial charge in [0.1, 0.15) is 0 Å². The minimum Gasteiger partial charge on any atom is -0.354 e. The van der Waals surface area contributed by atoms with Crippen molar-refractivity contribution < 1.29 is 4.79 Å². The van der Waals surface area contributed by atoms with E-state index in [1.807, 2.05) is 0 Å². The van der Waals surface area contributed by atoms with Crippen LogP contribution in [0.5, 0.6) is 0 Å². The van der Waals surface area contributed by atoms with Gasteiger partial charge in [0.25, 0.3) is 0 Å². The van der Waals surface area contributed by atoms with Gasteiger partial charge in [0.05, 0.1) is 5.41 Å². The van der Waals surface area contributed by atoms with E-state index in [4.69, 9.17) is 0 Å². The number of amides is 1. The summed E-state index contributed by atoms with van der Waals surface area (Å²) < 4.78 is 0. The quantitative estimate of drug-likeness (QED) is 0.812. The van der Waals surface area contributed by atoms with Crippen molar-refractivity contribution in [3.8, 4) is 0 Å². The standard InChI is InChI=1S/C20H30N2O/c1-3-21-15(2)14-22-19(23)20(12-16-7-5-4-6-8-16)13-17-9-10-18(20)11-17/h4-8,15,17-18,21H,3,9-14H2,1-2H3,(H,22,23)/t15-,17?,18?,20?/m1/s1. The van der Waals surface area contributed by atoms with Gasteiger partial charge in [-0.1, -0.05) is 43.7 Å². The first-order valence-electron chi connectivity index (χ1n) is 9.19. The Hall–Kier alpha value is -1.35. The van der Waals surface area contributed by atoms with Crippen LogP contribution in [0.2, 0.25) is 0 Å². The van der Waals surface area contributed by atoms with Gasteiger partial charge in [0.2, 0.25) is 5.91 Å². The lowest BCUT2D eigenvalue weighted by molar-refractivity contribution is -0.134. The van der Waals surface area contributed by atoms with Gasteiger partial charge in [-0.25, -0.2) is 0 Å². The van der Waals surface area contributed by atoms with E-state index >= 15 is 0 Å². The summed E-state index contributed by atoms with van der Waals surface area (Å²) in [5.41, 5.74) is 1.13. The van der Waals surface area contributed by atoms with Crippen molar-refractivity contribution in [1.29, 1.82) is 0 Å². The van der Waals surface area contributed by atoms with Gasteiger partial charge in [-0.15, -0.1) is 0 Å². The van der Waals surface area contributed by atoms with Crippen molar-refractivity contribution in [2.75, 3.05) is 13.1 Å². The van der Waals surface area contributed by atoms with E-state index in [9.17, 15) is 4.79 Å². The second kappa shape index (κ2) is 7.04. The average Bonchev–Trinajstić information content (AvgIpc) is 3.15. The van der Waals surface area contributed by atoms with E-state index in [0.717, 1.165) is 31.8 Å². The minimum atomic E-state index is -0.170. The lowest BCUT2D eigenvalue weighted by Gasteiger charge is -2.37. The number of likely N-dealkylation sites (N-methyl/N-ethyl adjacent to an activating group) is 1. The van der Waals surface area contributed by atoms with E-state index in [2.05, 4.69) is 54.8 Å². The van der Waals surface area contributed by atoms with E-state index in [1.165, 1.54) is 24.8 Å². The van der Waals surface area contributed by atoms with Crippen molar-refractivity contribution in [2.45, 2.75) is 52.0 Å². The van der Waals surface area contributed by atoms with Crippen LogP contribution < -0.4 is 10.6 Å². The van der Waals surface area contributed by atoms with Crippen LogP contribution in [0.25, 0.3) is 0 Å². The molecule has 0 aromatic heterocycles. The molecular weight excluding hydrogens is 284 g/mol. The number of hydrogen-bond donors (Lipinski definition) is 2. The maximum Gasteiger partial charge on any atom is 0.226 e. The Morgan fingerprint density at radius 2 is 2.09 bits per heavy atom. The maximum atomic E-state index is 13.1. The molecule has 2 fully saturated rings. The number of rotatable bonds is 7. The van der Waals surface area contributed by atoms with Crippen LogP contribution in [0.1, 0.15) is 45.1 Å². The zero-order valence-corrected chi connectivity index (χ0v) is 14.5. The summed E-state index contributed by atoms with van der Waals surface area (Å²) in [6.07, 6.45) is 5.78. The van der Waals surface area contributed by atoms with Crippen molar-refractivity contribution in [3.63, 3.8) is 0 Å². The number of carbonyl (C=O) groups excluding carboxylic acids is 1. The topological polar surface area (TPSA) is 41.1 Å². The molecule has 2 aliphatic carbocycles. The van der Waals surface area contributed by atoms with Crippen molar-refractivity contribution >= 4 is 5.91 Å². The second-order valence-corrected chi connectivity index (χ2v) is 7.57. The zero-order chi connectivity index (χ0) is 16.3. The molecule has 2 N–H and O–H groups in total. The predicted octanol–water partition coefficient (Wildman–Crippen LogP) is 3.15. The molecule has 3 unspecified atom stereocenters. The van der Waals surface area contributed by atoms with Crippen LogP contribution >= 0.6 is 0 Å². The first kappa shape index (κ1) is 16.5. The predicted molar refractivity (Wildman–Crippen MR) is 94.2 cm³/mol. The molecule has 3 rings (SSSR count). The van der Waals surface area contributed by atoms with Crippen LogP contribution in [0.4, 0.5) is 0 Å². The van der Waals surface area contributed by atoms with Gasteiger partial charge >= 0.3 is 0 Å². The van der Waals surface area contributed by atoms with Crippen molar-refractivity contribution in [3.05, 3.63) is 35.9 Å². The Balaban J connectivity index is 1.72. The summed E-state index contributed by atoms with van der Waals surface area (Å²) in [6, 6.07) is 10.9. The minimum absolute atomic E-state index is 0.170. The van der Waals surface area contributed by atoms with E-state index in [1.54, 1.807) is 0 Å². The molecule has 3 heteroatoms. The van der Waals surface area contributed by atoms with Gasteiger partial charge in [0.15, 0.2) is 0 Å². The largest absolute Gasteiger partial charge is 0.354 e. The average molecular weight is 314 g/mol. The Morgan fingerprint density at radius 3 is 2.70 bits per heavy atom. The fourth-order valence-corrected chi connectivity index (χ4v) is 4.82. The van der Waals surface area contributed by atoms with Gasteiger partial charge in [0, 0.05) is 12.6 Å². The van der Waals surface area contributed by atoms with Crippen LogP contribution in [0.3, 0.4) is 0 Å². The molecule has 2 aliphatic rings. The summed E-state index contributed by atoms with van der Waals surface area (Å²) >= 11 is 0. The van der Waals surface area contributed by atoms with E-state index in [0.29, 0.717) is 17.9 Å². The molecule has 23 heavy (non-hydrogen) atoms. The highest BCUT2D eigenvalue weighted by Crippen LogP contribution is 2.57. The highest BCUT2D eigenvalue weighted by atomic mass is 16.2. The molecule has 3 nitrogen and oxygen atoms in total. The van der Waals surface area contributed by atoms with Crippen molar-refractivity contribution in [1.82, 2.24) is 10.6 Å². The Bertz CT molecular complexity index is 530. The Labute approximate surface area is 140 Å². The molecule has 0 spiro atoms. The third-order valence-corrected chi connectivity index (χ3v) is 5.91. The lowest BCUT2D eigenvalue weighted by Crippen LogP contribution is -2.49. The summed E-state index contributed by atoms with van der Waals surface area (Å²) in [5.74, 6) is 1.63. The highest BCUT2D eigenvalue weighted by Gasteiger charge is 2.55. The molecule has 126 valence electrons. The smallest absolute Gasteiger partial charge is 0.226 e. The monoisotopic (exact) mass is 314 g/mol. The molecular formula is C20H30N2O. The van der Waals surface area contributed by atoms with Gasteiger partial charge in [-0.3, -0.25) is 4.79 Å². The Kier molecular flexibility index (Phi) is 5.05. The SMILES string of the molecule is CCN[C@H](C)CNC(=O)C1(Cc2ccccc2)CC2CCC1C2. The maximum absolute atomic E-state index is 13.1. The van der Waals surface area contributed by atoms with E-state index in [-0.39, 0.29) is 5.41 Å². The van der Waals surface area contributed by atoms with Gasteiger partial charge in [-0.2, -0.15) is 0 Å². The molecule has 1 aromatic carbocycles. The summed E-state index contributed by atoms with van der Waals surface area (Å²) in [7, 11) is 0. The fraction of sp³-hybridized carbons (Fsp3) is 0.650. The van der Waals surface area contributed by atoms with Crippen LogP contribution in [-0.2, 0) is 11.2 Å². The molecule has 0 radical (unpaired) electrons. The van der Waals surface area contributed by atoms with E-state index < -0.39 is 0 Å². The summed E-state index contributed by atoms with van der Waals surface area (Å²) in [5, 5.41) is 6.63. The fourth-order valence-electron chi connectivity index (χ4n) is 4.82. The number of carbonyl (C=O) groups is 1. The second-order valence-electron chi connectivity index (χ2n) is 7.57. The van der Waals surface area contributed by atoms with Crippen LogP contribution in [-0.4, -0.2) is 25.0 Å². The molecule has 4 atom stereocenters. The normalized spacial score (nSPS) is 30.3. The molecule has 2 bridgehead atoms. The number of benzene rings is 1. The van der Waals surface area contributed by atoms with Crippen LogP contribution in [0.15, 0.2) is 30.3 Å². The summed E-state index contributed by atoms with van der Waals surface area (Å²) in [6.45, 7) is 5.90. The third-order valence-electron chi connectivity index (χ3n) is 5.91. The number of hydrogen-bond acceptors (Lipinski definition) is 2. The third kappa shape index (κ3) is 3.45. The summed E-state index contributed by atoms with van der Waals surface area (Å²) in [4.78, 5) is 13.1. The highest BCUT2D eigenvalue weighted by molar-refractivity contribution is 5.84. The molecule has 0 heterocycles. The van der Waals surface area contributed by atoms with Gasteiger partial charge in [-0.05, 0) is 56.6 Å². The molecule has 1 amide bonds. The molecule has 0 saturated heterocycles. The number of fused-ring (bicyclic) bond motifs is 2. The van der Waals surface area contributed by atoms with Gasteiger partial charge < -0.3 is 10.6 Å². The number of nitrogens with one attached hydrogen (secondary N) is 2. The van der Waals surface area contributed by atoms with Crippen molar-refractivity contribution in [2.24, 2.45) is 17.3 Å². The zero-order valence-electron chi connectivity index (χ0n) is 14.5. The first-order valence-corrected chi connectivity index (χ1v) is 9.19. The molecule has 2 saturated carbocycles.